The zero-order valence-corrected chi connectivity index (χ0v) is 13.2. The first-order valence-electron chi connectivity index (χ1n) is 6.55. The van der Waals surface area contributed by atoms with Gasteiger partial charge < -0.3 is 10.0 Å². The normalized spacial score (nSPS) is 19.8. The monoisotopic (exact) mass is 325 g/mol. The summed E-state index contributed by atoms with van der Waals surface area (Å²) >= 11 is 3.50. The third kappa shape index (κ3) is 3.11. The molecule has 0 saturated heterocycles. The second-order valence-corrected chi connectivity index (χ2v) is 7.16. The first-order chi connectivity index (χ1) is 8.79. The van der Waals surface area contributed by atoms with Gasteiger partial charge in [-0.05, 0) is 35.1 Å². The van der Waals surface area contributed by atoms with E-state index in [1.54, 1.807) is 4.90 Å². The molecule has 1 amide bonds. The third-order valence-electron chi connectivity index (χ3n) is 3.85. The van der Waals surface area contributed by atoms with Crippen LogP contribution in [0.4, 0.5) is 4.79 Å². The Morgan fingerprint density at radius 2 is 2.11 bits per heavy atom. The smallest absolute Gasteiger partial charge is 0.407 e. The van der Waals surface area contributed by atoms with E-state index in [0.717, 1.165) is 10.9 Å². The first kappa shape index (κ1) is 14.4. The molecule has 1 atom stereocenters. The molecule has 0 aromatic heterocycles. The molecule has 1 aromatic carbocycles. The maximum atomic E-state index is 11.3. The highest BCUT2D eigenvalue weighted by Crippen LogP contribution is 2.39. The predicted octanol–water partition coefficient (Wildman–Crippen LogP) is 4.11. The van der Waals surface area contributed by atoms with Crippen LogP contribution in [0.15, 0.2) is 22.7 Å². The Morgan fingerprint density at radius 1 is 1.42 bits per heavy atom. The molecule has 104 valence electrons. The summed E-state index contributed by atoms with van der Waals surface area (Å²) in [6.07, 6.45) is -0.0330. The van der Waals surface area contributed by atoms with Gasteiger partial charge in [0.1, 0.15) is 0 Å². The largest absolute Gasteiger partial charge is 0.465 e. The van der Waals surface area contributed by atoms with Crippen molar-refractivity contribution < 1.29 is 9.90 Å². The van der Waals surface area contributed by atoms with Crippen molar-refractivity contribution in [3.05, 3.63) is 33.8 Å². The van der Waals surface area contributed by atoms with Crippen LogP contribution in [0, 0.1) is 5.41 Å². The van der Waals surface area contributed by atoms with Crippen LogP contribution in [-0.4, -0.2) is 29.2 Å². The summed E-state index contributed by atoms with van der Waals surface area (Å²) in [7, 11) is 0. The fourth-order valence-electron chi connectivity index (χ4n) is 2.71. The minimum absolute atomic E-state index is 0.0423. The Balaban J connectivity index is 2.46. The van der Waals surface area contributed by atoms with Gasteiger partial charge in [0.05, 0.1) is 0 Å². The lowest BCUT2D eigenvalue weighted by Gasteiger charge is -2.33. The molecule has 2 rings (SSSR count). The zero-order valence-electron chi connectivity index (χ0n) is 11.6. The van der Waals surface area contributed by atoms with E-state index in [9.17, 15) is 9.90 Å². The second kappa shape index (κ2) is 5.16. The van der Waals surface area contributed by atoms with Crippen molar-refractivity contribution in [3.63, 3.8) is 0 Å². The Kier molecular flexibility index (Phi) is 3.90. The van der Waals surface area contributed by atoms with Crippen molar-refractivity contribution in [2.24, 2.45) is 5.41 Å². The number of benzene rings is 1. The molecule has 4 heteroatoms. The van der Waals surface area contributed by atoms with Gasteiger partial charge in [-0.2, -0.15) is 0 Å². The molecule has 3 nitrogen and oxygen atoms in total. The maximum Gasteiger partial charge on any atom is 0.407 e. The minimum atomic E-state index is -0.818. The summed E-state index contributed by atoms with van der Waals surface area (Å²) < 4.78 is 1.06. The van der Waals surface area contributed by atoms with Crippen molar-refractivity contribution in [2.75, 3.05) is 13.1 Å². The lowest BCUT2D eigenvalue weighted by Crippen LogP contribution is -2.36. The van der Waals surface area contributed by atoms with E-state index >= 15 is 0 Å². The Hall–Kier alpha value is -1.03. The molecule has 1 N–H and O–H groups in total. The van der Waals surface area contributed by atoms with Crippen LogP contribution >= 0.6 is 15.9 Å². The highest BCUT2D eigenvalue weighted by atomic mass is 79.9. The van der Waals surface area contributed by atoms with Gasteiger partial charge in [0, 0.05) is 23.5 Å². The summed E-state index contributed by atoms with van der Waals surface area (Å²) in [5, 5.41) is 9.30. The Labute approximate surface area is 122 Å². The number of carboxylic acid groups (broad SMARTS) is 1. The number of carbonyl (C=O) groups is 1. The molecule has 1 aromatic rings. The number of rotatable bonds is 0. The van der Waals surface area contributed by atoms with E-state index in [1.165, 1.54) is 11.1 Å². The average molecular weight is 326 g/mol. The van der Waals surface area contributed by atoms with Crippen LogP contribution in [0.25, 0.3) is 0 Å². The summed E-state index contributed by atoms with van der Waals surface area (Å²) in [4.78, 5) is 12.9. The average Bonchev–Trinajstić information content (AvgIpc) is 2.47. The molecule has 0 radical (unpaired) electrons. The molecule has 19 heavy (non-hydrogen) atoms. The standard InChI is InChI=1S/C15H20BrNO2/c1-15(2,3)13-9-17(14(18)19)7-6-10-8-11(16)4-5-12(10)13/h4-5,8,13H,6-7,9H2,1-3H3,(H,18,19). The Bertz CT molecular complexity index is 493. The quantitative estimate of drug-likeness (QED) is 0.779. The molecule has 0 fully saturated rings. The third-order valence-corrected chi connectivity index (χ3v) is 4.34. The van der Waals surface area contributed by atoms with Gasteiger partial charge >= 0.3 is 6.09 Å². The summed E-state index contributed by atoms with van der Waals surface area (Å²) in [6, 6.07) is 6.31. The van der Waals surface area contributed by atoms with E-state index in [-0.39, 0.29) is 11.3 Å². The van der Waals surface area contributed by atoms with Gasteiger partial charge in [-0.25, -0.2) is 4.79 Å². The SMILES string of the molecule is CC(C)(C)C1CN(C(=O)O)CCc2cc(Br)ccc21. The van der Waals surface area contributed by atoms with Crippen molar-refractivity contribution in [1.82, 2.24) is 4.90 Å². The van der Waals surface area contributed by atoms with Gasteiger partial charge in [0.2, 0.25) is 0 Å². The maximum absolute atomic E-state index is 11.3. The van der Waals surface area contributed by atoms with Crippen LogP contribution in [-0.2, 0) is 6.42 Å². The number of fused-ring (bicyclic) bond motifs is 1. The molecule has 0 aliphatic carbocycles. The number of halogens is 1. The van der Waals surface area contributed by atoms with Crippen LogP contribution in [0.3, 0.4) is 0 Å². The van der Waals surface area contributed by atoms with E-state index in [0.29, 0.717) is 13.1 Å². The summed E-state index contributed by atoms with van der Waals surface area (Å²) in [5.41, 5.74) is 2.60. The van der Waals surface area contributed by atoms with Crippen molar-refractivity contribution in [2.45, 2.75) is 33.1 Å². The van der Waals surface area contributed by atoms with Crippen molar-refractivity contribution in [3.8, 4) is 0 Å². The van der Waals surface area contributed by atoms with E-state index < -0.39 is 6.09 Å². The van der Waals surface area contributed by atoms with Crippen molar-refractivity contribution in [1.29, 1.82) is 0 Å². The Morgan fingerprint density at radius 3 is 2.68 bits per heavy atom. The lowest BCUT2D eigenvalue weighted by molar-refractivity contribution is 0.135. The molecule has 1 unspecified atom stereocenters. The van der Waals surface area contributed by atoms with E-state index in [4.69, 9.17) is 0 Å². The topological polar surface area (TPSA) is 40.5 Å². The zero-order chi connectivity index (χ0) is 14.2. The first-order valence-corrected chi connectivity index (χ1v) is 7.34. The van der Waals surface area contributed by atoms with Crippen molar-refractivity contribution >= 4 is 22.0 Å². The van der Waals surface area contributed by atoms with Crippen LogP contribution in [0.5, 0.6) is 0 Å². The highest BCUT2D eigenvalue weighted by Gasteiger charge is 2.33. The number of nitrogens with zero attached hydrogens (tertiary/aromatic N) is 1. The molecular formula is C15H20BrNO2. The van der Waals surface area contributed by atoms with Crippen LogP contribution in [0.1, 0.15) is 37.8 Å². The van der Waals surface area contributed by atoms with E-state index in [2.05, 4.69) is 48.8 Å². The van der Waals surface area contributed by atoms with E-state index in [1.807, 2.05) is 6.07 Å². The van der Waals surface area contributed by atoms with Gasteiger partial charge in [0.25, 0.3) is 0 Å². The summed E-state index contributed by atoms with van der Waals surface area (Å²) in [6.45, 7) is 7.68. The predicted molar refractivity (Wildman–Crippen MR) is 79.6 cm³/mol. The summed E-state index contributed by atoms with van der Waals surface area (Å²) in [5.74, 6) is 0.231. The van der Waals surface area contributed by atoms with Gasteiger partial charge in [-0.3, -0.25) is 0 Å². The lowest BCUT2D eigenvalue weighted by atomic mass is 9.75. The molecule has 0 spiro atoms. The highest BCUT2D eigenvalue weighted by molar-refractivity contribution is 9.10. The van der Waals surface area contributed by atoms with Crippen LogP contribution in [0.2, 0.25) is 0 Å². The second-order valence-electron chi connectivity index (χ2n) is 6.24. The van der Waals surface area contributed by atoms with Gasteiger partial charge in [-0.1, -0.05) is 42.8 Å². The molecule has 1 heterocycles. The molecule has 0 saturated carbocycles. The van der Waals surface area contributed by atoms with Crippen LogP contribution < -0.4 is 0 Å². The van der Waals surface area contributed by atoms with Gasteiger partial charge in [0.15, 0.2) is 0 Å². The number of hydrogen-bond acceptors (Lipinski definition) is 1. The van der Waals surface area contributed by atoms with Gasteiger partial charge in [-0.15, -0.1) is 0 Å². The molecule has 0 bridgehead atoms. The molecule has 1 aliphatic heterocycles. The fraction of sp³-hybridized carbons (Fsp3) is 0.533. The molecule has 1 aliphatic rings. The molecular weight excluding hydrogens is 306 g/mol. The fourth-order valence-corrected chi connectivity index (χ4v) is 3.12. The number of amides is 1. The number of hydrogen-bond donors (Lipinski definition) is 1. The minimum Gasteiger partial charge on any atom is -0.465 e.